The molecule has 0 bridgehead atoms. The van der Waals surface area contributed by atoms with Crippen molar-refractivity contribution in [2.75, 3.05) is 6.54 Å². The molecule has 1 aromatic heterocycles. The fourth-order valence-electron chi connectivity index (χ4n) is 1.46. The van der Waals surface area contributed by atoms with E-state index < -0.39 is 17.7 Å². The predicted octanol–water partition coefficient (Wildman–Crippen LogP) is -2.92. The minimum absolute atomic E-state index is 0. The van der Waals surface area contributed by atoms with Gasteiger partial charge in [0.05, 0.1) is 12.3 Å². The molecule has 0 saturated carbocycles. The van der Waals surface area contributed by atoms with Crippen LogP contribution in [0.1, 0.15) is 37.0 Å². The molecule has 0 radical (unpaired) electrons. The van der Waals surface area contributed by atoms with Gasteiger partial charge in [-0.15, -0.1) is 0 Å². The van der Waals surface area contributed by atoms with Crippen molar-refractivity contribution >= 4 is 12.1 Å². The molecular formula is C12H18LiN3O4. The minimum Gasteiger partial charge on any atom is -0.543 e. The smallest absolute Gasteiger partial charge is 0.543 e. The summed E-state index contributed by atoms with van der Waals surface area (Å²) >= 11 is 0. The molecular weight excluding hydrogens is 257 g/mol. The Hall–Kier alpha value is -1.45. The number of carboxylic acids is 1. The molecule has 1 heterocycles. The molecule has 0 atom stereocenters. The van der Waals surface area contributed by atoms with Gasteiger partial charge < -0.3 is 24.5 Å². The predicted molar refractivity (Wildman–Crippen MR) is 65.5 cm³/mol. The normalized spacial score (nSPS) is 10.6. The van der Waals surface area contributed by atoms with Crippen LogP contribution >= 0.6 is 0 Å². The second-order valence-corrected chi connectivity index (χ2v) is 5.09. The van der Waals surface area contributed by atoms with Crippen molar-refractivity contribution in [2.24, 2.45) is 0 Å². The third kappa shape index (κ3) is 5.68. The van der Waals surface area contributed by atoms with Gasteiger partial charge >= 0.3 is 25.0 Å². The van der Waals surface area contributed by atoms with Gasteiger partial charge in [0, 0.05) is 18.8 Å². The van der Waals surface area contributed by atoms with Crippen molar-refractivity contribution in [1.29, 1.82) is 0 Å². The van der Waals surface area contributed by atoms with E-state index in [0.29, 0.717) is 18.8 Å². The summed E-state index contributed by atoms with van der Waals surface area (Å²) in [6.45, 7) is 7.69. The first kappa shape index (κ1) is 18.5. The number of rotatable bonds is 4. The summed E-state index contributed by atoms with van der Waals surface area (Å²) < 4.78 is 6.70. The number of carboxylic acid groups (broad SMARTS) is 1. The number of nitrogens with zero attached hydrogens (tertiary/aromatic N) is 2. The van der Waals surface area contributed by atoms with Gasteiger partial charge in [-0.05, 0) is 27.7 Å². The Kier molecular flexibility index (Phi) is 6.83. The molecule has 0 fully saturated rings. The molecule has 0 aliphatic rings. The van der Waals surface area contributed by atoms with Crippen molar-refractivity contribution in [3.63, 3.8) is 0 Å². The zero-order valence-electron chi connectivity index (χ0n) is 12.5. The number of ether oxygens (including phenoxy) is 1. The number of carbonyl (C=O) groups is 2. The van der Waals surface area contributed by atoms with Gasteiger partial charge in [0.15, 0.2) is 0 Å². The molecule has 0 saturated heterocycles. The topological polar surface area (TPSA) is 96.3 Å². The van der Waals surface area contributed by atoms with Gasteiger partial charge in [-0.2, -0.15) is 0 Å². The van der Waals surface area contributed by atoms with E-state index in [1.165, 1.54) is 6.33 Å². The largest absolute Gasteiger partial charge is 1.00 e. The Morgan fingerprint density at radius 2 is 2.05 bits per heavy atom. The van der Waals surface area contributed by atoms with E-state index in [2.05, 4.69) is 10.3 Å². The molecule has 0 aromatic carbocycles. The van der Waals surface area contributed by atoms with Gasteiger partial charge in [-0.1, -0.05) is 0 Å². The third-order valence-corrected chi connectivity index (χ3v) is 2.31. The molecule has 1 aromatic rings. The first-order valence-electron chi connectivity index (χ1n) is 5.90. The zero-order chi connectivity index (χ0) is 14.6. The fourth-order valence-corrected chi connectivity index (χ4v) is 1.46. The van der Waals surface area contributed by atoms with E-state index in [4.69, 9.17) is 4.74 Å². The van der Waals surface area contributed by atoms with Gasteiger partial charge in [0.2, 0.25) is 0 Å². The molecule has 8 heteroatoms. The second-order valence-electron chi connectivity index (χ2n) is 5.09. The zero-order valence-corrected chi connectivity index (χ0v) is 12.5. The summed E-state index contributed by atoms with van der Waals surface area (Å²) in [5.41, 5.74) is -0.139. The molecule has 1 N–H and O–H groups in total. The Bertz CT molecular complexity index is 480. The summed E-state index contributed by atoms with van der Waals surface area (Å²) in [5.74, 6) is -1.31. The SMILES string of the molecule is Cc1c(C(=O)[O-])ncn1CCNC(=O)OC(C)(C)C.[Li+]. The fraction of sp³-hybridized carbons (Fsp3) is 0.583. The van der Waals surface area contributed by atoms with Crippen LogP contribution in [0.2, 0.25) is 0 Å². The summed E-state index contributed by atoms with van der Waals surface area (Å²) in [6.07, 6.45) is 0.891. The average Bonchev–Trinajstić information content (AvgIpc) is 2.57. The van der Waals surface area contributed by atoms with E-state index in [1.54, 1.807) is 32.3 Å². The Balaban J connectivity index is 0.00000361. The third-order valence-electron chi connectivity index (χ3n) is 2.31. The number of hydrogen-bond donors (Lipinski definition) is 1. The van der Waals surface area contributed by atoms with Gasteiger partial charge in [-0.25, -0.2) is 9.78 Å². The number of hydrogen-bond acceptors (Lipinski definition) is 5. The number of amides is 1. The van der Waals surface area contributed by atoms with E-state index in [0.717, 1.165) is 0 Å². The Labute approximate surface area is 129 Å². The first-order valence-corrected chi connectivity index (χ1v) is 5.90. The summed E-state index contributed by atoms with van der Waals surface area (Å²) in [4.78, 5) is 25.8. The van der Waals surface area contributed by atoms with Crippen LogP contribution in [0.15, 0.2) is 6.33 Å². The second kappa shape index (κ2) is 7.36. The van der Waals surface area contributed by atoms with Gasteiger partial charge in [0.1, 0.15) is 11.3 Å². The van der Waals surface area contributed by atoms with Crippen molar-refractivity contribution in [3.05, 3.63) is 17.7 Å². The number of imidazole rings is 1. The van der Waals surface area contributed by atoms with Crippen molar-refractivity contribution in [3.8, 4) is 0 Å². The van der Waals surface area contributed by atoms with Crippen molar-refractivity contribution in [1.82, 2.24) is 14.9 Å². The molecule has 7 nitrogen and oxygen atoms in total. The Morgan fingerprint density at radius 1 is 1.45 bits per heavy atom. The van der Waals surface area contributed by atoms with Crippen molar-refractivity contribution < 1.29 is 38.3 Å². The van der Waals surface area contributed by atoms with Gasteiger partial charge in [-0.3, -0.25) is 0 Å². The van der Waals surface area contributed by atoms with E-state index >= 15 is 0 Å². The molecule has 106 valence electrons. The quantitative estimate of drug-likeness (QED) is 0.594. The van der Waals surface area contributed by atoms with E-state index in [9.17, 15) is 14.7 Å². The summed E-state index contributed by atoms with van der Waals surface area (Å²) in [5, 5.41) is 13.3. The van der Waals surface area contributed by atoms with Crippen LogP contribution in [0.25, 0.3) is 0 Å². The number of aromatic carboxylic acids is 1. The van der Waals surface area contributed by atoms with Crippen LogP contribution in [0.4, 0.5) is 4.79 Å². The molecule has 1 amide bonds. The first-order chi connectivity index (χ1) is 8.70. The Morgan fingerprint density at radius 3 is 2.50 bits per heavy atom. The minimum atomic E-state index is -1.31. The maximum Gasteiger partial charge on any atom is 1.00 e. The van der Waals surface area contributed by atoms with Crippen LogP contribution in [0, 0.1) is 6.92 Å². The number of alkyl carbamates (subject to hydrolysis) is 1. The standard InChI is InChI=1S/C12H19N3O4.Li/c1-8-9(10(16)17)14-7-15(8)6-5-13-11(18)19-12(2,3)4;/h7H,5-6H2,1-4H3,(H,13,18)(H,16,17);/q;+1/p-1. The van der Waals surface area contributed by atoms with E-state index in [1.807, 2.05) is 0 Å². The molecule has 0 unspecified atom stereocenters. The van der Waals surface area contributed by atoms with Crippen LogP contribution < -0.4 is 29.3 Å². The number of carbonyl (C=O) groups excluding carboxylic acids is 2. The van der Waals surface area contributed by atoms with Gasteiger partial charge in [0.25, 0.3) is 0 Å². The molecule has 20 heavy (non-hydrogen) atoms. The van der Waals surface area contributed by atoms with E-state index in [-0.39, 0.29) is 24.6 Å². The maximum atomic E-state index is 11.4. The molecule has 0 spiro atoms. The molecule has 0 aliphatic heterocycles. The van der Waals surface area contributed by atoms with Crippen molar-refractivity contribution in [2.45, 2.75) is 39.8 Å². The van der Waals surface area contributed by atoms with Crippen LogP contribution in [-0.4, -0.2) is 33.8 Å². The van der Waals surface area contributed by atoms with Crippen LogP contribution in [-0.2, 0) is 11.3 Å². The monoisotopic (exact) mass is 275 g/mol. The maximum absolute atomic E-state index is 11.4. The molecule has 1 rings (SSSR count). The average molecular weight is 275 g/mol. The molecule has 0 aliphatic carbocycles. The van der Waals surface area contributed by atoms with Crippen LogP contribution in [0.5, 0.6) is 0 Å². The summed E-state index contributed by atoms with van der Waals surface area (Å²) in [6, 6.07) is 0. The van der Waals surface area contributed by atoms with Crippen LogP contribution in [0.3, 0.4) is 0 Å². The number of nitrogens with one attached hydrogen (secondary N) is 1. The number of aromatic nitrogens is 2. The summed E-state index contributed by atoms with van der Waals surface area (Å²) in [7, 11) is 0.